The lowest BCUT2D eigenvalue weighted by molar-refractivity contribution is -0.135. The lowest BCUT2D eigenvalue weighted by atomic mass is 10.2. The van der Waals surface area contributed by atoms with E-state index < -0.39 is 12.1 Å². The molecule has 1 fully saturated rings. The highest BCUT2D eigenvalue weighted by molar-refractivity contribution is 5.73. The van der Waals surface area contributed by atoms with Crippen LogP contribution in [0.1, 0.15) is 13.8 Å². The number of halogens is 1. The molecule has 3 nitrogen and oxygen atoms in total. The number of hydrogen-bond donors (Lipinski definition) is 0. The van der Waals surface area contributed by atoms with Crippen molar-refractivity contribution >= 4 is 6.04 Å². The van der Waals surface area contributed by atoms with Gasteiger partial charge in [-0.15, -0.1) is 0 Å². The Kier molecular flexibility index (Phi) is 3.81. The monoisotopic (exact) mass is 188 g/mol. The molecule has 1 saturated heterocycles. The highest BCUT2D eigenvalue weighted by Crippen LogP contribution is 2.06. The molecule has 0 aromatic carbocycles. The number of piperazine rings is 1. The van der Waals surface area contributed by atoms with Gasteiger partial charge in [-0.3, -0.25) is 9.69 Å². The summed E-state index contributed by atoms with van der Waals surface area (Å²) in [5.41, 5.74) is 0. The molecule has 13 heavy (non-hydrogen) atoms. The zero-order chi connectivity index (χ0) is 9.84. The summed E-state index contributed by atoms with van der Waals surface area (Å²) in [5, 5.41) is 0. The Hall–Kier alpha value is -0.480. The largest absolute Gasteiger partial charge is 0.318 e. The number of rotatable bonds is 3. The van der Waals surface area contributed by atoms with Crippen LogP contribution in [0.5, 0.6) is 0 Å². The first kappa shape index (κ1) is 10.6. The Morgan fingerprint density at radius 3 is 2.31 bits per heavy atom. The molecular formula is C9H17FN2O. The van der Waals surface area contributed by atoms with Crippen molar-refractivity contribution in [3.05, 3.63) is 0 Å². The molecule has 0 radical (unpaired) electrons. The predicted molar refractivity (Wildman–Crippen MR) is 49.3 cm³/mol. The van der Waals surface area contributed by atoms with Crippen LogP contribution in [-0.2, 0) is 4.79 Å². The number of carbonyl (C=O) groups is 1. The van der Waals surface area contributed by atoms with E-state index in [1.165, 1.54) is 0 Å². The first-order chi connectivity index (χ1) is 6.15. The van der Waals surface area contributed by atoms with Crippen LogP contribution < -0.4 is 0 Å². The smallest absolute Gasteiger partial charge is 0.301 e. The van der Waals surface area contributed by atoms with Crippen molar-refractivity contribution in [1.82, 2.24) is 9.80 Å². The molecule has 76 valence electrons. The molecule has 1 aliphatic heterocycles. The van der Waals surface area contributed by atoms with Crippen LogP contribution in [0.2, 0.25) is 0 Å². The summed E-state index contributed by atoms with van der Waals surface area (Å²) in [6.45, 7) is 8.24. The molecule has 0 spiro atoms. The van der Waals surface area contributed by atoms with Gasteiger partial charge in [-0.2, -0.15) is 4.39 Å². The van der Waals surface area contributed by atoms with Crippen molar-refractivity contribution in [3.63, 3.8) is 0 Å². The lowest BCUT2D eigenvalue weighted by Crippen LogP contribution is -2.50. The zero-order valence-corrected chi connectivity index (χ0v) is 8.29. The van der Waals surface area contributed by atoms with E-state index in [1.54, 1.807) is 6.92 Å². The van der Waals surface area contributed by atoms with Crippen LogP contribution in [0.25, 0.3) is 0 Å². The van der Waals surface area contributed by atoms with Gasteiger partial charge in [-0.1, -0.05) is 6.92 Å². The molecule has 1 aliphatic rings. The molecule has 0 N–H and O–H groups in total. The van der Waals surface area contributed by atoms with Gasteiger partial charge in [0.05, 0.1) is 6.04 Å². The van der Waals surface area contributed by atoms with Gasteiger partial charge in [0.15, 0.2) is 0 Å². The summed E-state index contributed by atoms with van der Waals surface area (Å²) in [4.78, 5) is 14.7. The second kappa shape index (κ2) is 4.67. The van der Waals surface area contributed by atoms with Gasteiger partial charge in [0, 0.05) is 26.2 Å². The fraction of sp³-hybridized carbons (Fsp3) is 0.889. The normalized spacial score (nSPS) is 23.0. The van der Waals surface area contributed by atoms with E-state index >= 15 is 0 Å². The van der Waals surface area contributed by atoms with Crippen LogP contribution in [-0.4, -0.2) is 54.6 Å². The van der Waals surface area contributed by atoms with Gasteiger partial charge in [0.1, 0.15) is 0 Å². The highest BCUT2D eigenvalue weighted by atomic mass is 19.1. The van der Waals surface area contributed by atoms with Gasteiger partial charge < -0.3 is 4.90 Å². The van der Waals surface area contributed by atoms with E-state index in [9.17, 15) is 9.18 Å². The first-order valence-corrected chi connectivity index (χ1v) is 4.81. The maximum Gasteiger partial charge on any atom is 0.318 e. The number of nitrogens with zero attached hydrogens (tertiary/aromatic N) is 2. The summed E-state index contributed by atoms with van der Waals surface area (Å²) in [7, 11) is 0. The maximum absolute atomic E-state index is 12.4. The molecule has 1 unspecified atom stereocenters. The average molecular weight is 188 g/mol. The van der Waals surface area contributed by atoms with E-state index in [2.05, 4.69) is 11.8 Å². The molecular weight excluding hydrogens is 171 g/mol. The minimum atomic E-state index is -1.22. The third-order valence-electron chi connectivity index (χ3n) is 2.73. The molecule has 0 aromatic heterocycles. The molecule has 4 heteroatoms. The summed E-state index contributed by atoms with van der Waals surface area (Å²) in [6, 6.07) is -1.77. The molecule has 1 rings (SSSR count). The molecule has 1 heterocycles. The van der Waals surface area contributed by atoms with Crippen molar-refractivity contribution in [3.8, 4) is 0 Å². The molecule has 0 saturated carbocycles. The number of hydrogen-bond acceptors (Lipinski definition) is 3. The van der Waals surface area contributed by atoms with Crippen LogP contribution in [0.3, 0.4) is 0 Å². The van der Waals surface area contributed by atoms with Gasteiger partial charge in [0.2, 0.25) is 0 Å². The number of carbonyl (C=O) groups excluding carboxylic acids is 1. The topological polar surface area (TPSA) is 23.6 Å². The fourth-order valence-electron chi connectivity index (χ4n) is 1.61. The van der Waals surface area contributed by atoms with Gasteiger partial charge in [-0.25, -0.2) is 0 Å². The van der Waals surface area contributed by atoms with Crippen molar-refractivity contribution in [2.24, 2.45) is 0 Å². The quantitative estimate of drug-likeness (QED) is 0.603. The van der Waals surface area contributed by atoms with Gasteiger partial charge in [-0.05, 0) is 13.5 Å². The van der Waals surface area contributed by atoms with Crippen LogP contribution in [0.15, 0.2) is 0 Å². The minimum Gasteiger partial charge on any atom is -0.301 e. The Labute approximate surface area is 78.5 Å². The van der Waals surface area contributed by atoms with Crippen molar-refractivity contribution in [2.45, 2.75) is 19.9 Å². The lowest BCUT2D eigenvalue weighted by Gasteiger charge is -2.35. The van der Waals surface area contributed by atoms with Crippen LogP contribution in [0, 0.1) is 0 Å². The SMILES string of the molecule is CCN1CCN(C(C)C(=O)F)CC1. The Balaban J connectivity index is 2.36. The van der Waals surface area contributed by atoms with E-state index in [1.807, 2.05) is 4.90 Å². The first-order valence-electron chi connectivity index (χ1n) is 4.81. The summed E-state index contributed by atoms with van der Waals surface area (Å²) >= 11 is 0. The van der Waals surface area contributed by atoms with Crippen molar-refractivity contribution < 1.29 is 9.18 Å². The third-order valence-corrected chi connectivity index (χ3v) is 2.73. The van der Waals surface area contributed by atoms with Gasteiger partial charge >= 0.3 is 6.04 Å². The second-order valence-corrected chi connectivity index (χ2v) is 3.45. The Bertz CT molecular complexity index is 178. The minimum absolute atomic E-state index is 0.556. The molecule has 1 atom stereocenters. The number of likely N-dealkylation sites (N-methyl/N-ethyl adjacent to an activating group) is 1. The average Bonchev–Trinajstić information content (AvgIpc) is 2.17. The van der Waals surface area contributed by atoms with Crippen LogP contribution in [0.4, 0.5) is 4.39 Å². The predicted octanol–water partition coefficient (Wildman–Crippen LogP) is 0.508. The third kappa shape index (κ3) is 2.74. The second-order valence-electron chi connectivity index (χ2n) is 3.45. The standard InChI is InChI=1S/C9H17FN2O/c1-3-11-4-6-12(7-5-11)8(2)9(10)13/h8H,3-7H2,1-2H3. The van der Waals surface area contributed by atoms with Crippen molar-refractivity contribution in [2.75, 3.05) is 32.7 Å². The maximum atomic E-state index is 12.4. The summed E-state index contributed by atoms with van der Waals surface area (Å²) in [6.07, 6.45) is 0. The molecule has 0 aliphatic carbocycles. The Morgan fingerprint density at radius 2 is 1.92 bits per heavy atom. The van der Waals surface area contributed by atoms with E-state index in [-0.39, 0.29) is 0 Å². The van der Waals surface area contributed by atoms with E-state index in [4.69, 9.17) is 0 Å². The molecule has 0 aromatic rings. The van der Waals surface area contributed by atoms with Gasteiger partial charge in [0.25, 0.3) is 0 Å². The van der Waals surface area contributed by atoms with E-state index in [0.717, 1.165) is 32.7 Å². The summed E-state index contributed by atoms with van der Waals surface area (Å²) < 4.78 is 12.4. The van der Waals surface area contributed by atoms with Crippen LogP contribution >= 0.6 is 0 Å². The van der Waals surface area contributed by atoms with Crippen molar-refractivity contribution in [1.29, 1.82) is 0 Å². The molecule has 0 amide bonds. The zero-order valence-electron chi connectivity index (χ0n) is 8.29. The fourth-order valence-corrected chi connectivity index (χ4v) is 1.61. The summed E-state index contributed by atoms with van der Waals surface area (Å²) in [5.74, 6) is 0. The highest BCUT2D eigenvalue weighted by Gasteiger charge is 2.24. The Morgan fingerprint density at radius 1 is 1.38 bits per heavy atom. The molecule has 0 bridgehead atoms. The van der Waals surface area contributed by atoms with E-state index in [0.29, 0.717) is 0 Å².